The lowest BCUT2D eigenvalue weighted by Gasteiger charge is -2.18. The van der Waals surface area contributed by atoms with Gasteiger partial charge in [0.05, 0.1) is 0 Å². The molecule has 9 aromatic carbocycles. The predicted octanol–water partition coefficient (Wildman–Crippen LogP) is 11.5. The van der Waals surface area contributed by atoms with Crippen LogP contribution in [0.2, 0.25) is 0 Å². The van der Waals surface area contributed by atoms with Crippen LogP contribution in [-0.2, 0) is 30.4 Å². The highest BCUT2D eigenvalue weighted by Gasteiger charge is 2.45. The summed E-state index contributed by atoms with van der Waals surface area (Å²) in [6.45, 7) is 0. The summed E-state index contributed by atoms with van der Waals surface area (Å²) in [6.07, 6.45) is 0. The van der Waals surface area contributed by atoms with Crippen molar-refractivity contribution in [1.29, 1.82) is 0 Å². The van der Waals surface area contributed by atoms with Crippen LogP contribution in [0.3, 0.4) is 0 Å². The molecule has 0 aliphatic rings. The number of benzene rings is 9. The van der Waals surface area contributed by atoms with Gasteiger partial charge in [-0.1, -0.05) is 273 Å². The maximum absolute atomic E-state index is 10.7. The molecular weight excluding hydrogens is 1190 g/mol. The van der Waals surface area contributed by atoms with Crippen LogP contribution in [0.5, 0.6) is 0 Å². The summed E-state index contributed by atoms with van der Waals surface area (Å²) in [4.78, 5) is 0. The largest absolute Gasteiger partial charge is 0.522 e. The first-order chi connectivity index (χ1) is 38.1. The lowest BCUT2D eigenvalue weighted by atomic mass is 10.4. The Bertz CT molecular complexity index is 2900. The second kappa shape index (κ2) is 31.5. The van der Waals surface area contributed by atoms with Crippen LogP contribution in [0.4, 0.5) is 39.5 Å². The molecule has 0 unspecified atom stereocenters. The summed E-state index contributed by atoms with van der Waals surface area (Å²) < 4.78 is 173. The molecule has 0 amide bonds. The van der Waals surface area contributed by atoms with Crippen LogP contribution in [0.1, 0.15) is 0 Å². The zero-order chi connectivity index (χ0) is 59.7. The molecule has 0 aromatic heterocycles. The minimum atomic E-state index is -5.84. The highest BCUT2D eigenvalue weighted by molar-refractivity contribution is 7.87. The van der Waals surface area contributed by atoms with Crippen LogP contribution in [0.25, 0.3) is 0 Å². The highest BCUT2D eigenvalue weighted by Crippen LogP contribution is 2.34. The van der Waals surface area contributed by atoms with Gasteiger partial charge in [0.15, 0.2) is 0 Å². The molecule has 0 spiro atoms. The van der Waals surface area contributed by atoms with E-state index in [1.54, 1.807) is 0 Å². The van der Waals surface area contributed by atoms with Gasteiger partial charge in [-0.15, -0.1) is 0 Å². The Labute approximate surface area is 467 Å². The van der Waals surface area contributed by atoms with Crippen molar-refractivity contribution in [2.24, 2.45) is 0 Å². The molecule has 0 heterocycles. The van der Waals surface area contributed by atoms with Gasteiger partial charge in [0.25, 0.3) is 0 Å². The molecule has 3 N–H and O–H groups in total. The zero-order valence-corrected chi connectivity index (χ0v) is 46.9. The molecule has 9 aromatic rings. The molecule has 24 heteroatoms. The van der Waals surface area contributed by atoms with Gasteiger partial charge in [0.2, 0.25) is 0 Å². The summed E-state index contributed by atoms with van der Waals surface area (Å²) >= 11 is 0. The normalized spacial score (nSPS) is 11.6. The Morgan fingerprint density at radius 3 is 0.346 bits per heavy atom. The Kier molecular flexibility index (Phi) is 26.0. The van der Waals surface area contributed by atoms with Gasteiger partial charge in [0, 0.05) is 0 Å². The predicted molar refractivity (Wildman–Crippen MR) is 308 cm³/mol. The van der Waals surface area contributed by atoms with Gasteiger partial charge in [-0.05, 0) is 71.5 Å². The van der Waals surface area contributed by atoms with Crippen molar-refractivity contribution in [3.8, 4) is 0 Å². The molecular formula is C57H48F9O9P3S3. The molecule has 0 aliphatic heterocycles. The lowest BCUT2D eigenvalue weighted by molar-refractivity contribution is -0.0514. The first kappa shape index (κ1) is 66.9. The fraction of sp³-hybridized carbons (Fsp3) is 0.0526. The molecule has 0 bridgehead atoms. The molecule has 426 valence electrons. The third-order valence-corrected chi connectivity index (χ3v) is 19.1. The average molecular weight is 1240 g/mol. The minimum absolute atomic E-state index is 0.446. The van der Waals surface area contributed by atoms with E-state index in [2.05, 4.69) is 273 Å². The van der Waals surface area contributed by atoms with E-state index in [9.17, 15) is 39.5 Å². The second-order valence-corrected chi connectivity index (χ2v) is 26.7. The van der Waals surface area contributed by atoms with Gasteiger partial charge in [-0.2, -0.15) is 64.8 Å². The number of rotatable bonds is 9. The van der Waals surface area contributed by atoms with Crippen LogP contribution in [0, 0.1) is 0 Å². The third-order valence-electron chi connectivity index (χ3n) is 10.0. The SMILES string of the molecule is O=S(=O)(O)C(F)(F)F.O=S(=O)(O)C(F)(F)F.O=S(=O)(O)C(F)(F)F.c1ccc(P(c2ccccc2)c2ccccc2)cc1.c1ccc(P(c2ccccc2)c2ccccc2)cc1.c1ccc(P(c2ccccc2)c2ccccc2)cc1. The summed E-state index contributed by atoms with van der Waals surface area (Å²) in [7, 11) is -18.9. The third kappa shape index (κ3) is 22.7. The van der Waals surface area contributed by atoms with Gasteiger partial charge < -0.3 is 0 Å². The van der Waals surface area contributed by atoms with Crippen molar-refractivity contribution in [3.63, 3.8) is 0 Å². The van der Waals surface area contributed by atoms with Gasteiger partial charge in [-0.3, -0.25) is 13.7 Å². The summed E-state index contributed by atoms with van der Waals surface area (Å²) in [6, 6.07) is 97.0. The summed E-state index contributed by atoms with van der Waals surface area (Å²) in [5, 5.41) is 12.6. The van der Waals surface area contributed by atoms with E-state index in [0.717, 1.165) is 0 Å². The van der Waals surface area contributed by atoms with Gasteiger partial charge in [0.1, 0.15) is 0 Å². The first-order valence-corrected chi connectivity index (χ1v) is 31.4. The molecule has 9 rings (SSSR count). The molecule has 9 nitrogen and oxygen atoms in total. The topological polar surface area (TPSA) is 163 Å². The highest BCUT2D eigenvalue weighted by atomic mass is 32.2. The van der Waals surface area contributed by atoms with Crippen molar-refractivity contribution in [2.75, 3.05) is 0 Å². The number of halogens is 9. The van der Waals surface area contributed by atoms with Crippen molar-refractivity contribution in [2.45, 2.75) is 16.5 Å². The molecule has 0 radical (unpaired) electrons. The van der Waals surface area contributed by atoms with E-state index in [1.165, 1.54) is 47.7 Å². The smallest absolute Gasteiger partial charge is 0.279 e. The zero-order valence-electron chi connectivity index (χ0n) is 41.7. The molecule has 0 fully saturated rings. The summed E-state index contributed by atoms with van der Waals surface area (Å²) in [5.41, 5.74) is -16.6. The monoisotopic (exact) mass is 1240 g/mol. The van der Waals surface area contributed by atoms with E-state index in [4.69, 9.17) is 38.9 Å². The second-order valence-electron chi connectivity index (χ2n) is 15.8. The Morgan fingerprint density at radius 1 is 0.210 bits per heavy atom. The van der Waals surface area contributed by atoms with Crippen LogP contribution >= 0.6 is 23.8 Å². The van der Waals surface area contributed by atoms with E-state index in [1.807, 2.05) is 0 Å². The molecule has 0 atom stereocenters. The summed E-state index contributed by atoms with van der Waals surface area (Å²) in [5.74, 6) is 0. The minimum Gasteiger partial charge on any atom is -0.279 e. The molecule has 0 aliphatic carbocycles. The molecule has 81 heavy (non-hydrogen) atoms. The van der Waals surface area contributed by atoms with Gasteiger partial charge in [-0.25, -0.2) is 0 Å². The lowest BCUT2D eigenvalue weighted by Crippen LogP contribution is -2.21. The standard InChI is InChI=1S/3C18H15P.3CHF3O3S/c3*1-4-10-16(11-5-1)19(17-12-6-2-7-13-17)18-14-8-3-9-15-18;3*2-1(3,4)8(5,6)7/h3*1-15H;3*(H,5,6,7). The number of hydrogen-bond donors (Lipinski definition) is 3. The Balaban J connectivity index is 0.000000219. The van der Waals surface area contributed by atoms with Crippen LogP contribution in [-0.4, -0.2) is 55.4 Å². The van der Waals surface area contributed by atoms with Crippen molar-refractivity contribution < 1.29 is 78.4 Å². The number of alkyl halides is 9. The Hall–Kier alpha value is -6.63. The molecule has 0 saturated heterocycles. The van der Waals surface area contributed by atoms with Crippen LogP contribution < -0.4 is 47.7 Å². The molecule has 0 saturated carbocycles. The van der Waals surface area contributed by atoms with E-state index >= 15 is 0 Å². The van der Waals surface area contributed by atoms with Crippen LogP contribution in [0.15, 0.2) is 273 Å². The van der Waals surface area contributed by atoms with Crippen molar-refractivity contribution >= 4 is 102 Å². The number of hydrogen-bond acceptors (Lipinski definition) is 6. The fourth-order valence-corrected chi connectivity index (χ4v) is 13.5. The maximum Gasteiger partial charge on any atom is 0.522 e. The quantitative estimate of drug-likeness (QED) is 0.0552. The average Bonchev–Trinajstić information content (AvgIpc) is 3.44. The van der Waals surface area contributed by atoms with E-state index < -0.39 is 70.6 Å². The first-order valence-electron chi connectivity index (χ1n) is 23.1. The van der Waals surface area contributed by atoms with Gasteiger partial charge >= 0.3 is 46.9 Å². The van der Waals surface area contributed by atoms with E-state index in [-0.39, 0.29) is 0 Å². The fourth-order valence-electron chi connectivity index (χ4n) is 6.54. The van der Waals surface area contributed by atoms with Crippen molar-refractivity contribution in [1.82, 2.24) is 0 Å². The van der Waals surface area contributed by atoms with E-state index in [0.29, 0.717) is 0 Å². The Morgan fingerprint density at radius 2 is 0.284 bits per heavy atom. The van der Waals surface area contributed by atoms with Crippen molar-refractivity contribution in [3.05, 3.63) is 273 Å². The maximum atomic E-state index is 10.7.